The topological polar surface area (TPSA) is 66.9 Å². The number of benzene rings is 1. The van der Waals surface area contributed by atoms with Gasteiger partial charge in [-0.05, 0) is 45.4 Å². The normalized spacial score (nSPS) is 11.8. The van der Waals surface area contributed by atoms with Gasteiger partial charge in [-0.2, -0.15) is 0 Å². The molecule has 1 atom stereocenters. The lowest BCUT2D eigenvalue weighted by molar-refractivity contribution is 0.0939. The Bertz CT molecular complexity index is 664. The van der Waals surface area contributed by atoms with Crippen LogP contribution in [0.15, 0.2) is 30.3 Å². The molecule has 0 aliphatic heterocycles. The number of anilines is 2. The van der Waals surface area contributed by atoms with Crippen LogP contribution >= 0.6 is 0 Å². The Hall–Kier alpha value is -2.43. The molecule has 1 aromatic heterocycles. The monoisotopic (exact) mass is 312 g/mol. The van der Waals surface area contributed by atoms with Gasteiger partial charge >= 0.3 is 0 Å². The fraction of sp³-hybridized carbons (Fsp3) is 0.389. The van der Waals surface area contributed by atoms with Crippen molar-refractivity contribution in [3.05, 3.63) is 47.3 Å². The third kappa shape index (κ3) is 4.77. The van der Waals surface area contributed by atoms with Crippen molar-refractivity contribution in [2.24, 2.45) is 0 Å². The van der Waals surface area contributed by atoms with Crippen LogP contribution in [0.25, 0.3) is 0 Å². The van der Waals surface area contributed by atoms with E-state index in [0.29, 0.717) is 17.2 Å². The number of para-hydroxylation sites is 1. The highest BCUT2D eigenvalue weighted by Crippen LogP contribution is 2.19. The molecule has 0 bridgehead atoms. The van der Waals surface area contributed by atoms with E-state index in [0.717, 1.165) is 24.2 Å². The number of carbonyl (C=O) groups is 1. The molecule has 1 amide bonds. The van der Waals surface area contributed by atoms with Crippen molar-refractivity contribution >= 4 is 17.5 Å². The SMILES string of the molecule is CCC[C@@H](C)NC(=O)c1ccccc1Nc1nc(C)cc(C)n1. The standard InChI is InChI=1S/C18H24N4O/c1-5-8-12(2)19-17(23)15-9-6-7-10-16(15)22-18-20-13(3)11-14(4)21-18/h6-7,9-12H,5,8H2,1-4H3,(H,19,23)(H,20,21,22)/t12-/m1/s1. The Balaban J connectivity index is 2.21. The molecule has 0 fully saturated rings. The molecule has 0 aliphatic rings. The van der Waals surface area contributed by atoms with E-state index in [4.69, 9.17) is 0 Å². The lowest BCUT2D eigenvalue weighted by Crippen LogP contribution is -2.32. The van der Waals surface area contributed by atoms with E-state index in [9.17, 15) is 4.79 Å². The minimum Gasteiger partial charge on any atom is -0.350 e. The van der Waals surface area contributed by atoms with E-state index in [2.05, 4.69) is 27.5 Å². The molecular formula is C18H24N4O. The Morgan fingerprint density at radius 1 is 1.17 bits per heavy atom. The lowest BCUT2D eigenvalue weighted by Gasteiger charge is -2.15. The molecule has 1 heterocycles. The first kappa shape index (κ1) is 16.9. The number of hydrogen-bond acceptors (Lipinski definition) is 4. The van der Waals surface area contributed by atoms with Crippen LogP contribution in [0, 0.1) is 13.8 Å². The predicted octanol–water partition coefficient (Wildman–Crippen LogP) is 3.76. The number of aromatic nitrogens is 2. The smallest absolute Gasteiger partial charge is 0.253 e. The van der Waals surface area contributed by atoms with Gasteiger partial charge in [0, 0.05) is 17.4 Å². The molecule has 0 saturated carbocycles. The summed E-state index contributed by atoms with van der Waals surface area (Å²) in [7, 11) is 0. The number of aryl methyl sites for hydroxylation is 2. The minimum absolute atomic E-state index is 0.0848. The summed E-state index contributed by atoms with van der Waals surface area (Å²) in [5.41, 5.74) is 3.08. The van der Waals surface area contributed by atoms with E-state index < -0.39 is 0 Å². The van der Waals surface area contributed by atoms with Crippen molar-refractivity contribution in [3.8, 4) is 0 Å². The number of nitrogens with one attached hydrogen (secondary N) is 2. The van der Waals surface area contributed by atoms with Crippen LogP contribution in [-0.2, 0) is 0 Å². The van der Waals surface area contributed by atoms with Gasteiger partial charge in [0.1, 0.15) is 0 Å². The summed E-state index contributed by atoms with van der Waals surface area (Å²) < 4.78 is 0. The first-order valence-electron chi connectivity index (χ1n) is 7.98. The predicted molar refractivity (Wildman–Crippen MR) is 93.1 cm³/mol. The third-order valence-electron chi connectivity index (χ3n) is 3.50. The van der Waals surface area contributed by atoms with E-state index >= 15 is 0 Å². The zero-order valence-electron chi connectivity index (χ0n) is 14.2. The van der Waals surface area contributed by atoms with Crippen LogP contribution < -0.4 is 10.6 Å². The van der Waals surface area contributed by atoms with Crippen molar-refractivity contribution in [2.75, 3.05) is 5.32 Å². The molecule has 0 unspecified atom stereocenters. The zero-order chi connectivity index (χ0) is 16.8. The molecule has 2 aromatic rings. The summed E-state index contributed by atoms with van der Waals surface area (Å²) >= 11 is 0. The first-order chi connectivity index (χ1) is 11.0. The van der Waals surface area contributed by atoms with Gasteiger partial charge < -0.3 is 10.6 Å². The van der Waals surface area contributed by atoms with Crippen LogP contribution in [0.4, 0.5) is 11.6 Å². The summed E-state index contributed by atoms with van der Waals surface area (Å²) in [5.74, 6) is 0.419. The highest BCUT2D eigenvalue weighted by atomic mass is 16.1. The number of hydrogen-bond donors (Lipinski definition) is 2. The average molecular weight is 312 g/mol. The van der Waals surface area contributed by atoms with Gasteiger partial charge in [0.25, 0.3) is 5.91 Å². The highest BCUT2D eigenvalue weighted by molar-refractivity contribution is 6.00. The van der Waals surface area contributed by atoms with Gasteiger partial charge in [-0.15, -0.1) is 0 Å². The maximum absolute atomic E-state index is 12.5. The second kappa shape index (κ2) is 7.72. The van der Waals surface area contributed by atoms with Crippen LogP contribution in [0.3, 0.4) is 0 Å². The van der Waals surface area contributed by atoms with Crippen LogP contribution in [-0.4, -0.2) is 21.9 Å². The maximum atomic E-state index is 12.5. The second-order valence-electron chi connectivity index (χ2n) is 5.81. The molecule has 5 nitrogen and oxygen atoms in total. The summed E-state index contributed by atoms with van der Waals surface area (Å²) in [6.45, 7) is 7.97. The number of amides is 1. The number of nitrogens with zero attached hydrogens (tertiary/aromatic N) is 2. The quantitative estimate of drug-likeness (QED) is 0.852. The van der Waals surface area contributed by atoms with Crippen molar-refractivity contribution in [2.45, 2.75) is 46.6 Å². The van der Waals surface area contributed by atoms with E-state index in [1.54, 1.807) is 6.07 Å². The van der Waals surface area contributed by atoms with Crippen molar-refractivity contribution < 1.29 is 4.79 Å². The molecule has 0 aliphatic carbocycles. The van der Waals surface area contributed by atoms with Crippen LogP contribution in [0.1, 0.15) is 48.4 Å². The lowest BCUT2D eigenvalue weighted by atomic mass is 10.1. The van der Waals surface area contributed by atoms with Gasteiger partial charge in [0.15, 0.2) is 0 Å². The maximum Gasteiger partial charge on any atom is 0.253 e. The molecule has 122 valence electrons. The molecule has 2 rings (SSSR count). The first-order valence-corrected chi connectivity index (χ1v) is 7.98. The van der Waals surface area contributed by atoms with E-state index in [1.165, 1.54) is 0 Å². The summed E-state index contributed by atoms with van der Waals surface area (Å²) in [4.78, 5) is 21.2. The third-order valence-corrected chi connectivity index (χ3v) is 3.50. The Morgan fingerprint density at radius 3 is 2.48 bits per heavy atom. The van der Waals surface area contributed by atoms with Gasteiger partial charge in [-0.1, -0.05) is 25.5 Å². The molecular weight excluding hydrogens is 288 g/mol. The molecule has 23 heavy (non-hydrogen) atoms. The average Bonchev–Trinajstić information content (AvgIpc) is 2.46. The summed E-state index contributed by atoms with van der Waals surface area (Å²) in [6, 6.07) is 9.47. The Kier molecular flexibility index (Phi) is 5.68. The van der Waals surface area contributed by atoms with E-state index in [1.807, 2.05) is 45.0 Å². The largest absolute Gasteiger partial charge is 0.350 e. The van der Waals surface area contributed by atoms with Crippen molar-refractivity contribution in [1.29, 1.82) is 0 Å². The van der Waals surface area contributed by atoms with Crippen LogP contribution in [0.5, 0.6) is 0 Å². The van der Waals surface area contributed by atoms with Gasteiger partial charge in [0.2, 0.25) is 5.95 Å². The summed E-state index contributed by atoms with van der Waals surface area (Å²) in [6.07, 6.45) is 2.00. The number of carbonyl (C=O) groups excluding carboxylic acids is 1. The Labute approximate surface area is 137 Å². The van der Waals surface area contributed by atoms with Gasteiger partial charge in [-0.3, -0.25) is 4.79 Å². The number of rotatable bonds is 6. The molecule has 0 spiro atoms. The van der Waals surface area contributed by atoms with Crippen molar-refractivity contribution in [3.63, 3.8) is 0 Å². The molecule has 0 radical (unpaired) electrons. The summed E-state index contributed by atoms with van der Waals surface area (Å²) in [5, 5.41) is 6.18. The Morgan fingerprint density at radius 2 is 1.83 bits per heavy atom. The minimum atomic E-state index is -0.0848. The van der Waals surface area contributed by atoms with Crippen molar-refractivity contribution in [1.82, 2.24) is 15.3 Å². The van der Waals surface area contributed by atoms with Gasteiger partial charge in [0.05, 0.1) is 11.3 Å². The van der Waals surface area contributed by atoms with Crippen LogP contribution in [0.2, 0.25) is 0 Å². The second-order valence-corrected chi connectivity index (χ2v) is 5.81. The fourth-order valence-corrected chi connectivity index (χ4v) is 2.50. The fourth-order valence-electron chi connectivity index (χ4n) is 2.50. The highest BCUT2D eigenvalue weighted by Gasteiger charge is 2.14. The molecule has 0 saturated heterocycles. The molecule has 5 heteroatoms. The molecule has 2 N–H and O–H groups in total. The zero-order valence-corrected chi connectivity index (χ0v) is 14.2. The van der Waals surface area contributed by atoms with E-state index in [-0.39, 0.29) is 11.9 Å². The molecule has 1 aromatic carbocycles. The van der Waals surface area contributed by atoms with Gasteiger partial charge in [-0.25, -0.2) is 9.97 Å².